The lowest BCUT2D eigenvalue weighted by Crippen LogP contribution is -2.61. The summed E-state index contributed by atoms with van der Waals surface area (Å²) in [6, 6.07) is 2.30. The van der Waals surface area contributed by atoms with Crippen molar-refractivity contribution in [3.8, 4) is 0 Å². The van der Waals surface area contributed by atoms with Gasteiger partial charge in [0.2, 0.25) is 0 Å². The first-order valence-electron chi connectivity index (χ1n) is 11.0. The second-order valence-corrected chi connectivity index (χ2v) is 9.00. The lowest BCUT2D eigenvalue weighted by molar-refractivity contribution is -0.143. The van der Waals surface area contributed by atoms with Crippen LogP contribution in [0.15, 0.2) is 41.6 Å². The van der Waals surface area contributed by atoms with E-state index in [1.807, 2.05) is 0 Å². The molecule has 39 heavy (non-hydrogen) atoms. The van der Waals surface area contributed by atoms with Crippen LogP contribution in [0.1, 0.15) is 59.4 Å². The van der Waals surface area contributed by atoms with Gasteiger partial charge < -0.3 is 21.8 Å². The number of rotatable bonds is 4. The smallest absolute Gasteiger partial charge is 0.416 e. The Labute approximate surface area is 214 Å². The van der Waals surface area contributed by atoms with Crippen molar-refractivity contribution in [3.05, 3.63) is 64.2 Å². The number of nitrogens with zero attached hydrogens (tertiary/aromatic N) is 2. The van der Waals surface area contributed by atoms with E-state index in [2.05, 4.69) is 5.16 Å². The molecule has 2 aromatic rings. The summed E-state index contributed by atoms with van der Waals surface area (Å²) in [5, 5.41) is 22.0. The van der Waals surface area contributed by atoms with Gasteiger partial charge in [-0.1, -0.05) is 12.1 Å². The predicted octanol–water partition coefficient (Wildman–Crippen LogP) is 6.31. The lowest BCUT2D eigenvalue weighted by Gasteiger charge is -2.48. The third-order valence-corrected chi connectivity index (χ3v) is 6.62. The number of carboxylic acid groups (broad SMARTS) is 1. The normalized spacial score (nSPS) is 21.5. The summed E-state index contributed by atoms with van der Waals surface area (Å²) >= 11 is 0. The summed E-state index contributed by atoms with van der Waals surface area (Å²) in [6.07, 6.45) is -18.0. The minimum absolute atomic E-state index is 0.158. The number of hydrogen-bond acceptors (Lipinski definition) is 4. The maximum atomic E-state index is 13.6. The van der Waals surface area contributed by atoms with Gasteiger partial charge in [0, 0.05) is 5.92 Å². The number of amides is 1. The molecule has 1 aliphatic heterocycles. The molecule has 16 heteroatoms. The molecular weight excluding hydrogens is 551 g/mol. The van der Waals surface area contributed by atoms with E-state index in [0.29, 0.717) is 29.2 Å². The molecule has 0 saturated heterocycles. The third kappa shape index (κ3) is 5.69. The van der Waals surface area contributed by atoms with Gasteiger partial charge in [-0.3, -0.25) is 4.90 Å². The predicted molar refractivity (Wildman–Crippen MR) is 119 cm³/mol. The first-order valence-corrected chi connectivity index (χ1v) is 11.0. The average Bonchev–Trinajstić information content (AvgIpc) is 2.81. The Kier molecular flexibility index (Phi) is 7.51. The van der Waals surface area contributed by atoms with Crippen molar-refractivity contribution < 1.29 is 54.6 Å². The number of benzene rings is 2. The molecule has 6 N–H and O–H groups in total. The molecule has 1 unspecified atom stereocenters. The summed E-state index contributed by atoms with van der Waals surface area (Å²) in [5.74, 6) is -4.37. The van der Waals surface area contributed by atoms with Gasteiger partial charge in [0.1, 0.15) is 5.84 Å². The van der Waals surface area contributed by atoms with E-state index in [4.69, 9.17) is 11.5 Å². The highest BCUT2D eigenvalue weighted by atomic mass is 19.4. The standard InChI is InChI=1S/C23H21F9N4O3/c1-2-20(34)9-15(14-8-11(21(24,25)26)3-4-16(14)36(20)19(37)38)17(18(33)35-39)10-5-12(22(27,28)29)7-13(6-10)23(30,31)32/h3-8,15,17,39H,2,9,34H2,1H3,(H2,33,35)(H,37,38)/t15-,17?,20-/m1/s1. The van der Waals surface area contributed by atoms with Crippen molar-refractivity contribution in [2.24, 2.45) is 16.6 Å². The van der Waals surface area contributed by atoms with Gasteiger partial charge in [0.15, 0.2) is 0 Å². The van der Waals surface area contributed by atoms with Crippen LogP contribution in [-0.2, 0) is 18.5 Å². The zero-order chi connectivity index (χ0) is 29.7. The van der Waals surface area contributed by atoms with Crippen LogP contribution >= 0.6 is 0 Å². The molecule has 0 aliphatic carbocycles. The Balaban J connectivity index is 2.42. The van der Waals surface area contributed by atoms with E-state index < -0.39 is 87.9 Å². The highest BCUT2D eigenvalue weighted by molar-refractivity contribution is 5.92. The number of hydrogen-bond donors (Lipinski definition) is 4. The fraction of sp³-hybridized carbons (Fsp3) is 0.391. The lowest BCUT2D eigenvalue weighted by atomic mass is 9.71. The molecule has 1 heterocycles. The van der Waals surface area contributed by atoms with E-state index in [1.54, 1.807) is 0 Å². The first kappa shape index (κ1) is 29.9. The van der Waals surface area contributed by atoms with Gasteiger partial charge in [0.25, 0.3) is 0 Å². The van der Waals surface area contributed by atoms with Crippen molar-refractivity contribution in [2.75, 3.05) is 4.90 Å². The monoisotopic (exact) mass is 572 g/mol. The molecule has 3 rings (SSSR count). The summed E-state index contributed by atoms with van der Waals surface area (Å²) in [7, 11) is 0. The number of fused-ring (bicyclic) bond motifs is 1. The van der Waals surface area contributed by atoms with Gasteiger partial charge in [-0.25, -0.2) is 4.79 Å². The van der Waals surface area contributed by atoms with Crippen LogP contribution in [0.4, 0.5) is 50.0 Å². The van der Waals surface area contributed by atoms with E-state index in [0.717, 1.165) is 6.07 Å². The van der Waals surface area contributed by atoms with E-state index >= 15 is 0 Å². The zero-order valence-electron chi connectivity index (χ0n) is 19.8. The molecule has 214 valence electrons. The Morgan fingerprint density at radius 1 is 1.00 bits per heavy atom. The van der Waals surface area contributed by atoms with E-state index in [9.17, 15) is 54.6 Å². The number of nitrogens with two attached hydrogens (primary N) is 2. The van der Waals surface area contributed by atoms with Crippen molar-refractivity contribution >= 4 is 17.6 Å². The molecular formula is C23H21F9N4O3. The Bertz CT molecular complexity index is 1260. The minimum atomic E-state index is -5.28. The quantitative estimate of drug-likeness (QED) is 0.112. The topological polar surface area (TPSA) is 125 Å². The number of halogens is 9. The number of anilines is 1. The van der Waals surface area contributed by atoms with Crippen molar-refractivity contribution in [2.45, 2.75) is 55.8 Å². The van der Waals surface area contributed by atoms with Gasteiger partial charge in [-0.05, 0) is 60.4 Å². The maximum absolute atomic E-state index is 13.6. The summed E-state index contributed by atoms with van der Waals surface area (Å²) < 4.78 is 122. The maximum Gasteiger partial charge on any atom is 0.416 e. The molecule has 1 aliphatic rings. The first-order chi connectivity index (χ1) is 17.7. The average molecular weight is 572 g/mol. The summed E-state index contributed by atoms with van der Waals surface area (Å²) in [6.45, 7) is 1.42. The molecule has 2 aromatic carbocycles. The van der Waals surface area contributed by atoms with Crippen LogP contribution in [0, 0.1) is 0 Å². The number of oxime groups is 1. The van der Waals surface area contributed by atoms with Gasteiger partial charge in [0.05, 0.1) is 34.0 Å². The van der Waals surface area contributed by atoms with Crippen LogP contribution in [0.25, 0.3) is 0 Å². The molecule has 0 fully saturated rings. The van der Waals surface area contributed by atoms with Crippen LogP contribution < -0.4 is 16.4 Å². The van der Waals surface area contributed by atoms with Gasteiger partial charge in [-0.2, -0.15) is 39.5 Å². The van der Waals surface area contributed by atoms with E-state index in [1.165, 1.54) is 6.92 Å². The van der Waals surface area contributed by atoms with E-state index in [-0.39, 0.29) is 12.5 Å². The highest BCUT2D eigenvalue weighted by Crippen LogP contribution is 2.51. The summed E-state index contributed by atoms with van der Waals surface area (Å²) in [4.78, 5) is 12.7. The highest BCUT2D eigenvalue weighted by Gasteiger charge is 2.49. The van der Waals surface area contributed by atoms with Crippen LogP contribution in [0.5, 0.6) is 0 Å². The largest absolute Gasteiger partial charge is 0.465 e. The molecule has 7 nitrogen and oxygen atoms in total. The molecule has 1 amide bonds. The van der Waals surface area contributed by atoms with Gasteiger partial charge in [-0.15, -0.1) is 0 Å². The second kappa shape index (κ2) is 9.81. The summed E-state index contributed by atoms with van der Waals surface area (Å²) in [5.41, 5.74) is 3.78. The SMILES string of the molecule is CC[C@]1(N)C[C@@H](C(C(N)=NO)c2cc(C(F)(F)F)cc(C(F)(F)F)c2)c2cc(C(F)(F)F)ccc2N1C(=O)O. The number of amidine groups is 1. The molecule has 0 bridgehead atoms. The molecule has 3 atom stereocenters. The van der Waals surface area contributed by atoms with Crippen LogP contribution in [-0.4, -0.2) is 27.9 Å². The molecule has 0 radical (unpaired) electrons. The molecule has 0 spiro atoms. The van der Waals surface area contributed by atoms with Crippen LogP contribution in [0.3, 0.4) is 0 Å². The van der Waals surface area contributed by atoms with Crippen molar-refractivity contribution in [1.82, 2.24) is 0 Å². The second-order valence-electron chi connectivity index (χ2n) is 9.00. The Morgan fingerprint density at radius 3 is 1.92 bits per heavy atom. The molecule has 0 aromatic heterocycles. The fourth-order valence-corrected chi connectivity index (χ4v) is 4.78. The van der Waals surface area contributed by atoms with Gasteiger partial charge >= 0.3 is 24.6 Å². The third-order valence-electron chi connectivity index (χ3n) is 6.62. The molecule has 0 saturated carbocycles. The number of carbonyl (C=O) groups is 1. The van der Waals surface area contributed by atoms with Crippen molar-refractivity contribution in [1.29, 1.82) is 0 Å². The zero-order valence-corrected chi connectivity index (χ0v) is 19.8. The number of alkyl halides is 9. The van der Waals surface area contributed by atoms with Crippen LogP contribution in [0.2, 0.25) is 0 Å². The Hall–Kier alpha value is -3.69. The van der Waals surface area contributed by atoms with Crippen molar-refractivity contribution in [3.63, 3.8) is 0 Å². The minimum Gasteiger partial charge on any atom is -0.465 e. The Morgan fingerprint density at radius 2 is 1.51 bits per heavy atom. The fourth-order valence-electron chi connectivity index (χ4n) is 4.78.